The molecule has 9 heteroatoms. The van der Waals surface area contributed by atoms with Crippen LogP contribution in [0.2, 0.25) is 15.1 Å². The van der Waals surface area contributed by atoms with Gasteiger partial charge in [0.15, 0.2) is 0 Å². The summed E-state index contributed by atoms with van der Waals surface area (Å²) in [6, 6.07) is 8.43. The molecule has 0 radical (unpaired) electrons. The molecule has 0 fully saturated rings. The maximum Gasteiger partial charge on any atom is 0.327 e. The van der Waals surface area contributed by atoms with E-state index >= 15 is 0 Å². The highest BCUT2D eigenvalue weighted by atomic mass is 35.5. The Morgan fingerprint density at radius 2 is 1.71 bits per heavy atom. The summed E-state index contributed by atoms with van der Waals surface area (Å²) in [7, 11) is -4.29. The third-order valence-electron chi connectivity index (χ3n) is 3.20. The zero-order valence-corrected chi connectivity index (χ0v) is 15.4. The van der Waals surface area contributed by atoms with E-state index in [1.807, 2.05) is 0 Å². The highest BCUT2D eigenvalue weighted by molar-refractivity contribution is 7.93. The minimum Gasteiger partial charge on any atom is -0.480 e. The van der Waals surface area contributed by atoms with Crippen molar-refractivity contribution in [3.05, 3.63) is 57.5 Å². The van der Waals surface area contributed by atoms with Crippen LogP contribution in [-0.4, -0.2) is 25.5 Å². The van der Waals surface area contributed by atoms with Gasteiger partial charge in [0.25, 0.3) is 10.0 Å². The Morgan fingerprint density at radius 3 is 2.29 bits per heavy atom. The van der Waals surface area contributed by atoms with E-state index in [0.717, 1.165) is 4.31 Å². The molecule has 5 nitrogen and oxygen atoms in total. The maximum atomic E-state index is 13.0. The topological polar surface area (TPSA) is 74.7 Å². The van der Waals surface area contributed by atoms with Gasteiger partial charge in [-0.1, -0.05) is 40.9 Å². The van der Waals surface area contributed by atoms with Crippen LogP contribution < -0.4 is 4.31 Å². The van der Waals surface area contributed by atoms with E-state index in [4.69, 9.17) is 34.8 Å². The molecule has 2 aromatic carbocycles. The maximum absolute atomic E-state index is 13.0. The third-order valence-corrected chi connectivity index (χ3v) is 6.05. The number of benzene rings is 2. The van der Waals surface area contributed by atoms with Gasteiger partial charge in [-0.15, -0.1) is 0 Å². The standard InChI is InChI=1S/C15H12Cl3NO4S/c1-9(15(20)21)19(12-4-2-3-10(16)7-12)24(22,23)14-8-11(17)5-6-13(14)18/h2-9H,1H3,(H,20,21). The van der Waals surface area contributed by atoms with Crippen molar-refractivity contribution in [1.29, 1.82) is 0 Å². The smallest absolute Gasteiger partial charge is 0.327 e. The molecule has 0 aromatic heterocycles. The van der Waals surface area contributed by atoms with Crippen LogP contribution in [0.3, 0.4) is 0 Å². The minimum absolute atomic E-state index is 0.0657. The second-order valence-corrected chi connectivity index (χ2v) is 7.93. The van der Waals surface area contributed by atoms with Gasteiger partial charge in [0.1, 0.15) is 10.9 Å². The van der Waals surface area contributed by atoms with Crippen molar-refractivity contribution in [2.45, 2.75) is 17.9 Å². The third kappa shape index (κ3) is 3.78. The Hall–Kier alpha value is -1.47. The zero-order valence-electron chi connectivity index (χ0n) is 12.3. The van der Waals surface area contributed by atoms with Crippen LogP contribution in [-0.2, 0) is 14.8 Å². The van der Waals surface area contributed by atoms with Crippen molar-refractivity contribution in [1.82, 2.24) is 0 Å². The Bertz CT molecular complexity index is 886. The quantitative estimate of drug-likeness (QED) is 0.799. The molecule has 0 saturated carbocycles. The molecule has 1 unspecified atom stereocenters. The lowest BCUT2D eigenvalue weighted by atomic mass is 10.2. The molecule has 2 rings (SSSR count). The molecule has 0 heterocycles. The van der Waals surface area contributed by atoms with Crippen LogP contribution in [0.15, 0.2) is 47.4 Å². The summed E-state index contributed by atoms with van der Waals surface area (Å²) in [6.07, 6.45) is 0. The molecule has 0 aliphatic heterocycles. The second-order valence-electron chi connectivity index (χ2n) is 4.87. The monoisotopic (exact) mass is 407 g/mol. The first-order valence-electron chi connectivity index (χ1n) is 6.62. The summed E-state index contributed by atoms with van der Waals surface area (Å²) in [4.78, 5) is 11.1. The molecular formula is C15H12Cl3NO4S. The van der Waals surface area contributed by atoms with Crippen molar-refractivity contribution in [2.24, 2.45) is 0 Å². The normalized spacial score (nSPS) is 12.7. The van der Waals surface area contributed by atoms with Crippen LogP contribution in [0.25, 0.3) is 0 Å². The van der Waals surface area contributed by atoms with Gasteiger partial charge in [-0.2, -0.15) is 0 Å². The molecule has 0 bridgehead atoms. The van der Waals surface area contributed by atoms with E-state index in [-0.39, 0.29) is 25.7 Å². The zero-order chi connectivity index (χ0) is 18.1. The van der Waals surface area contributed by atoms with Gasteiger partial charge in [-0.25, -0.2) is 13.2 Å². The van der Waals surface area contributed by atoms with E-state index in [2.05, 4.69) is 0 Å². The van der Waals surface area contributed by atoms with Crippen LogP contribution >= 0.6 is 34.8 Å². The fourth-order valence-electron chi connectivity index (χ4n) is 2.06. The number of rotatable bonds is 5. The molecule has 2 aromatic rings. The second kappa shape index (κ2) is 7.19. The van der Waals surface area contributed by atoms with E-state index in [1.54, 1.807) is 6.07 Å². The van der Waals surface area contributed by atoms with E-state index in [1.165, 1.54) is 43.3 Å². The number of aliphatic carboxylic acids is 1. The number of hydrogen-bond donors (Lipinski definition) is 1. The first-order valence-corrected chi connectivity index (χ1v) is 9.20. The van der Waals surface area contributed by atoms with E-state index < -0.39 is 22.0 Å². The number of hydrogen-bond acceptors (Lipinski definition) is 3. The van der Waals surface area contributed by atoms with Crippen molar-refractivity contribution in [3.63, 3.8) is 0 Å². The molecular weight excluding hydrogens is 397 g/mol. The Labute approximate surface area is 154 Å². The van der Waals surface area contributed by atoms with Crippen molar-refractivity contribution >= 4 is 56.5 Å². The highest BCUT2D eigenvalue weighted by Crippen LogP contribution is 2.33. The SMILES string of the molecule is CC(C(=O)O)N(c1cccc(Cl)c1)S(=O)(=O)c1cc(Cl)ccc1Cl. The van der Waals surface area contributed by atoms with Gasteiger partial charge in [0.2, 0.25) is 0 Å². The van der Waals surface area contributed by atoms with Gasteiger partial charge in [0, 0.05) is 10.0 Å². The molecule has 128 valence electrons. The summed E-state index contributed by atoms with van der Waals surface area (Å²) in [5, 5.41) is 9.68. The van der Waals surface area contributed by atoms with Crippen molar-refractivity contribution in [2.75, 3.05) is 4.31 Å². The molecule has 1 N–H and O–H groups in total. The summed E-state index contributed by atoms with van der Waals surface area (Å²) in [5.41, 5.74) is 0.105. The highest BCUT2D eigenvalue weighted by Gasteiger charge is 2.34. The number of carbonyl (C=O) groups is 1. The first kappa shape index (κ1) is 18.9. The molecule has 0 aliphatic rings. The lowest BCUT2D eigenvalue weighted by Gasteiger charge is -2.28. The number of anilines is 1. The first-order chi connectivity index (χ1) is 11.1. The van der Waals surface area contributed by atoms with Crippen molar-refractivity contribution < 1.29 is 18.3 Å². The van der Waals surface area contributed by atoms with Gasteiger partial charge in [-0.3, -0.25) is 4.31 Å². The lowest BCUT2D eigenvalue weighted by Crippen LogP contribution is -2.43. The van der Waals surface area contributed by atoms with Gasteiger partial charge in [0.05, 0.1) is 10.7 Å². The Kier molecular flexibility index (Phi) is 5.65. The molecule has 0 amide bonds. The van der Waals surface area contributed by atoms with Gasteiger partial charge >= 0.3 is 5.97 Å². The van der Waals surface area contributed by atoms with Crippen molar-refractivity contribution in [3.8, 4) is 0 Å². The largest absolute Gasteiger partial charge is 0.480 e. The Balaban J connectivity index is 2.70. The fourth-order valence-corrected chi connectivity index (χ4v) is 4.60. The number of carboxylic acids is 1. The number of halogens is 3. The Morgan fingerprint density at radius 1 is 1.08 bits per heavy atom. The molecule has 1 atom stereocenters. The number of nitrogens with zero attached hydrogens (tertiary/aromatic N) is 1. The lowest BCUT2D eigenvalue weighted by molar-refractivity contribution is -0.137. The molecule has 24 heavy (non-hydrogen) atoms. The summed E-state index contributed by atoms with van der Waals surface area (Å²) in [5.74, 6) is -1.32. The number of carboxylic acid groups (broad SMARTS) is 1. The van der Waals surface area contributed by atoms with Crippen LogP contribution in [0.4, 0.5) is 5.69 Å². The minimum atomic E-state index is -4.29. The van der Waals surface area contributed by atoms with Gasteiger partial charge < -0.3 is 5.11 Å². The molecule has 0 aliphatic carbocycles. The predicted octanol–water partition coefficient (Wildman–Crippen LogP) is 4.32. The predicted molar refractivity (Wildman–Crippen MR) is 94.7 cm³/mol. The summed E-state index contributed by atoms with van der Waals surface area (Å²) in [6.45, 7) is 1.25. The number of sulfonamides is 1. The van der Waals surface area contributed by atoms with E-state index in [9.17, 15) is 18.3 Å². The molecule has 0 spiro atoms. The van der Waals surface area contributed by atoms with Gasteiger partial charge in [-0.05, 0) is 43.3 Å². The van der Waals surface area contributed by atoms with Crippen LogP contribution in [0.5, 0.6) is 0 Å². The average molecular weight is 409 g/mol. The fraction of sp³-hybridized carbons (Fsp3) is 0.133. The average Bonchev–Trinajstić information content (AvgIpc) is 2.49. The van der Waals surface area contributed by atoms with Crippen LogP contribution in [0, 0.1) is 0 Å². The van der Waals surface area contributed by atoms with E-state index in [0.29, 0.717) is 0 Å². The summed E-state index contributed by atoms with van der Waals surface area (Å²) >= 11 is 17.8. The molecule has 0 saturated heterocycles. The van der Waals surface area contributed by atoms with Crippen LogP contribution in [0.1, 0.15) is 6.92 Å². The summed E-state index contributed by atoms with van der Waals surface area (Å²) < 4.78 is 26.8.